The van der Waals surface area contributed by atoms with Crippen molar-refractivity contribution in [1.82, 2.24) is 0 Å². The normalized spacial score (nSPS) is 23.3. The molecule has 1 aliphatic heterocycles. The van der Waals surface area contributed by atoms with Crippen LogP contribution in [0.2, 0.25) is 0 Å². The number of benzene rings is 1. The maximum absolute atomic E-state index is 12.2. The van der Waals surface area contributed by atoms with E-state index < -0.39 is 0 Å². The molecule has 0 N–H and O–H groups in total. The summed E-state index contributed by atoms with van der Waals surface area (Å²) in [6.07, 6.45) is 1.17. The first-order valence-corrected chi connectivity index (χ1v) is 6.49. The molecule has 1 aromatic carbocycles. The van der Waals surface area contributed by atoms with Crippen molar-refractivity contribution in [2.45, 2.75) is 39.4 Å². The van der Waals surface area contributed by atoms with Crippen molar-refractivity contribution < 1.29 is 14.3 Å². The molecule has 1 fully saturated rings. The van der Waals surface area contributed by atoms with Gasteiger partial charge in [0.25, 0.3) is 0 Å². The van der Waals surface area contributed by atoms with Gasteiger partial charge in [-0.1, -0.05) is 0 Å². The van der Waals surface area contributed by atoms with Crippen LogP contribution in [0.25, 0.3) is 0 Å². The fraction of sp³-hybridized carbons (Fsp3) is 0.533. The summed E-state index contributed by atoms with van der Waals surface area (Å²) in [7, 11) is 0. The van der Waals surface area contributed by atoms with Crippen molar-refractivity contribution in [3.8, 4) is 5.75 Å². The Morgan fingerprint density at radius 3 is 2.50 bits per heavy atom. The lowest BCUT2D eigenvalue weighted by molar-refractivity contribution is 0.0877. The quantitative estimate of drug-likeness (QED) is 0.768. The summed E-state index contributed by atoms with van der Waals surface area (Å²) in [5.41, 5.74) is 0.744. The molecule has 98 valence electrons. The summed E-state index contributed by atoms with van der Waals surface area (Å²) < 4.78 is 11.0. The first-order chi connectivity index (χ1) is 8.56. The SMILES string of the molecule is CC(C)Oc1ccc(C(=O)C2COC(C)C2)cc1. The van der Waals surface area contributed by atoms with Gasteiger partial charge in [0.05, 0.1) is 18.8 Å². The van der Waals surface area contributed by atoms with Crippen molar-refractivity contribution in [2.75, 3.05) is 6.61 Å². The van der Waals surface area contributed by atoms with E-state index in [1.807, 2.05) is 45.0 Å². The van der Waals surface area contributed by atoms with Gasteiger partial charge in [-0.15, -0.1) is 0 Å². The Bertz CT molecular complexity index is 408. The van der Waals surface area contributed by atoms with E-state index in [-0.39, 0.29) is 23.9 Å². The highest BCUT2D eigenvalue weighted by Gasteiger charge is 2.28. The van der Waals surface area contributed by atoms with Gasteiger partial charge in [-0.05, 0) is 51.5 Å². The summed E-state index contributed by atoms with van der Waals surface area (Å²) in [6, 6.07) is 7.38. The van der Waals surface area contributed by atoms with Gasteiger partial charge in [0.2, 0.25) is 0 Å². The van der Waals surface area contributed by atoms with Crippen LogP contribution in [0.15, 0.2) is 24.3 Å². The van der Waals surface area contributed by atoms with E-state index >= 15 is 0 Å². The number of hydrogen-bond acceptors (Lipinski definition) is 3. The second kappa shape index (κ2) is 5.53. The van der Waals surface area contributed by atoms with Gasteiger partial charge in [-0.2, -0.15) is 0 Å². The molecule has 0 aromatic heterocycles. The summed E-state index contributed by atoms with van der Waals surface area (Å²) in [4.78, 5) is 12.2. The van der Waals surface area contributed by atoms with Gasteiger partial charge in [0.1, 0.15) is 5.75 Å². The van der Waals surface area contributed by atoms with Crippen molar-refractivity contribution in [1.29, 1.82) is 0 Å². The number of Topliss-reactive ketones (excluding diaryl/α,β-unsaturated/α-hetero) is 1. The number of carbonyl (C=O) groups is 1. The third-order valence-electron chi connectivity index (χ3n) is 3.08. The van der Waals surface area contributed by atoms with Crippen molar-refractivity contribution in [2.24, 2.45) is 5.92 Å². The minimum atomic E-state index is 0.0110. The molecule has 0 spiro atoms. The predicted molar refractivity (Wildman–Crippen MR) is 70.1 cm³/mol. The third kappa shape index (κ3) is 3.10. The Morgan fingerprint density at radius 1 is 1.33 bits per heavy atom. The number of hydrogen-bond donors (Lipinski definition) is 0. The van der Waals surface area contributed by atoms with Crippen LogP contribution in [-0.2, 0) is 4.74 Å². The van der Waals surface area contributed by atoms with Crippen LogP contribution < -0.4 is 4.74 Å². The van der Waals surface area contributed by atoms with E-state index in [0.29, 0.717) is 6.61 Å². The molecule has 1 aromatic rings. The molecule has 0 saturated carbocycles. The average molecular weight is 248 g/mol. The van der Waals surface area contributed by atoms with Gasteiger partial charge < -0.3 is 9.47 Å². The van der Waals surface area contributed by atoms with Crippen molar-refractivity contribution in [3.05, 3.63) is 29.8 Å². The van der Waals surface area contributed by atoms with Crippen LogP contribution in [0, 0.1) is 5.92 Å². The highest BCUT2D eigenvalue weighted by atomic mass is 16.5. The van der Waals surface area contributed by atoms with Gasteiger partial charge in [-0.25, -0.2) is 0 Å². The first-order valence-electron chi connectivity index (χ1n) is 6.49. The molecule has 2 unspecified atom stereocenters. The number of ketones is 1. The van der Waals surface area contributed by atoms with E-state index in [1.165, 1.54) is 0 Å². The zero-order valence-corrected chi connectivity index (χ0v) is 11.2. The number of carbonyl (C=O) groups excluding carboxylic acids is 1. The second-order valence-corrected chi connectivity index (χ2v) is 5.13. The predicted octanol–water partition coefficient (Wildman–Crippen LogP) is 3.08. The highest BCUT2D eigenvalue weighted by Crippen LogP contribution is 2.24. The molecular formula is C15H20O3. The second-order valence-electron chi connectivity index (χ2n) is 5.13. The third-order valence-corrected chi connectivity index (χ3v) is 3.08. The van der Waals surface area contributed by atoms with Crippen LogP contribution in [-0.4, -0.2) is 24.6 Å². The molecule has 18 heavy (non-hydrogen) atoms. The summed E-state index contributed by atoms with van der Waals surface area (Å²) in [6.45, 7) is 6.52. The smallest absolute Gasteiger partial charge is 0.168 e. The van der Waals surface area contributed by atoms with E-state index in [0.717, 1.165) is 17.7 Å². The summed E-state index contributed by atoms with van der Waals surface area (Å²) in [5.74, 6) is 0.991. The van der Waals surface area contributed by atoms with Crippen LogP contribution >= 0.6 is 0 Å². The van der Waals surface area contributed by atoms with Crippen LogP contribution in [0.3, 0.4) is 0 Å². The molecule has 0 radical (unpaired) electrons. The highest BCUT2D eigenvalue weighted by molar-refractivity contribution is 5.98. The lowest BCUT2D eigenvalue weighted by Gasteiger charge is -2.11. The number of rotatable bonds is 4. The van der Waals surface area contributed by atoms with Crippen molar-refractivity contribution in [3.63, 3.8) is 0 Å². The molecule has 1 saturated heterocycles. The Kier molecular flexibility index (Phi) is 4.02. The Hall–Kier alpha value is -1.35. The topological polar surface area (TPSA) is 35.5 Å². The van der Waals surface area contributed by atoms with Crippen LogP contribution in [0.1, 0.15) is 37.6 Å². The van der Waals surface area contributed by atoms with Crippen molar-refractivity contribution >= 4 is 5.78 Å². The molecular weight excluding hydrogens is 228 g/mol. The molecule has 3 heteroatoms. The monoisotopic (exact) mass is 248 g/mol. The van der Waals surface area contributed by atoms with E-state index in [4.69, 9.17) is 9.47 Å². The maximum Gasteiger partial charge on any atom is 0.168 e. The first kappa shape index (κ1) is 13.1. The van der Waals surface area contributed by atoms with E-state index in [9.17, 15) is 4.79 Å². The molecule has 2 atom stereocenters. The minimum Gasteiger partial charge on any atom is -0.491 e. The van der Waals surface area contributed by atoms with Gasteiger partial charge >= 0.3 is 0 Å². The molecule has 0 bridgehead atoms. The Morgan fingerprint density at radius 2 is 2.00 bits per heavy atom. The minimum absolute atomic E-state index is 0.0110. The standard InChI is InChI=1S/C15H20O3/c1-10(2)18-14-6-4-12(5-7-14)15(16)13-8-11(3)17-9-13/h4-7,10-11,13H,8-9H2,1-3H3. The maximum atomic E-state index is 12.2. The lowest BCUT2D eigenvalue weighted by atomic mass is 9.95. The molecule has 1 heterocycles. The fourth-order valence-electron chi connectivity index (χ4n) is 2.21. The van der Waals surface area contributed by atoms with Gasteiger partial charge in [-0.3, -0.25) is 4.79 Å². The summed E-state index contributed by atoms with van der Waals surface area (Å²) in [5, 5.41) is 0. The molecule has 1 aliphatic rings. The Labute approximate surface area is 108 Å². The van der Waals surface area contributed by atoms with Gasteiger partial charge in [0.15, 0.2) is 5.78 Å². The fourth-order valence-corrected chi connectivity index (χ4v) is 2.21. The molecule has 3 nitrogen and oxygen atoms in total. The molecule has 0 aliphatic carbocycles. The zero-order valence-electron chi connectivity index (χ0n) is 11.2. The molecule has 0 amide bonds. The largest absolute Gasteiger partial charge is 0.491 e. The zero-order chi connectivity index (χ0) is 13.1. The van der Waals surface area contributed by atoms with E-state index in [1.54, 1.807) is 0 Å². The average Bonchev–Trinajstić information content (AvgIpc) is 2.75. The van der Waals surface area contributed by atoms with E-state index in [2.05, 4.69) is 0 Å². The Balaban J connectivity index is 2.03. The van der Waals surface area contributed by atoms with Crippen LogP contribution in [0.4, 0.5) is 0 Å². The lowest BCUT2D eigenvalue weighted by Crippen LogP contribution is -2.15. The van der Waals surface area contributed by atoms with Gasteiger partial charge in [0, 0.05) is 11.5 Å². The molecule has 2 rings (SSSR count). The number of ether oxygens (including phenoxy) is 2. The van der Waals surface area contributed by atoms with Crippen LogP contribution in [0.5, 0.6) is 5.75 Å². The summed E-state index contributed by atoms with van der Waals surface area (Å²) >= 11 is 0.